The first-order valence-electron chi connectivity index (χ1n) is 7.98. The van der Waals surface area contributed by atoms with E-state index in [1.807, 2.05) is 36.4 Å². The van der Waals surface area contributed by atoms with E-state index in [2.05, 4.69) is 11.9 Å². The lowest BCUT2D eigenvalue weighted by Crippen LogP contribution is -2.05. The highest BCUT2D eigenvalue weighted by Gasteiger charge is 2.24. The summed E-state index contributed by atoms with van der Waals surface area (Å²) < 4.78 is 15.8. The van der Waals surface area contributed by atoms with Crippen LogP contribution in [0.4, 0.5) is 0 Å². The van der Waals surface area contributed by atoms with E-state index < -0.39 is 5.97 Å². The number of hydrogen-bond acceptors (Lipinski definition) is 5. The molecule has 0 spiro atoms. The lowest BCUT2D eigenvalue weighted by molar-refractivity contribution is -0.129. The van der Waals surface area contributed by atoms with Crippen LogP contribution in [-0.2, 0) is 16.0 Å². The van der Waals surface area contributed by atoms with Crippen molar-refractivity contribution in [1.82, 2.24) is 0 Å². The number of benzene rings is 2. The van der Waals surface area contributed by atoms with Crippen LogP contribution in [0.25, 0.3) is 6.08 Å². The summed E-state index contributed by atoms with van der Waals surface area (Å²) in [5, 5.41) is 0. The number of ether oxygens (including phenoxy) is 3. The number of aryl methyl sites for hydroxylation is 1. The van der Waals surface area contributed by atoms with Gasteiger partial charge in [0.1, 0.15) is 11.5 Å². The summed E-state index contributed by atoms with van der Waals surface area (Å²) in [6, 6.07) is 13.0. The zero-order valence-electron chi connectivity index (χ0n) is 14.4. The van der Waals surface area contributed by atoms with E-state index >= 15 is 0 Å². The van der Waals surface area contributed by atoms with Crippen molar-refractivity contribution >= 4 is 17.9 Å². The fraction of sp³-hybridized carbons (Fsp3) is 0.200. The summed E-state index contributed by atoms with van der Waals surface area (Å²) in [7, 11) is 3.23. The number of hydrogen-bond donors (Lipinski definition) is 0. The second-order valence-electron chi connectivity index (χ2n) is 5.49. The number of aliphatic imine (C=N–C) groups is 1. The molecule has 5 nitrogen and oxygen atoms in total. The second-order valence-corrected chi connectivity index (χ2v) is 5.49. The fourth-order valence-electron chi connectivity index (χ4n) is 2.61. The Bertz CT molecular complexity index is 868. The lowest BCUT2D eigenvalue weighted by Gasteiger charge is -2.07. The van der Waals surface area contributed by atoms with Crippen LogP contribution < -0.4 is 9.47 Å². The maximum absolute atomic E-state index is 12.1. The van der Waals surface area contributed by atoms with Crippen molar-refractivity contribution in [2.24, 2.45) is 4.99 Å². The van der Waals surface area contributed by atoms with Crippen molar-refractivity contribution in [3.8, 4) is 11.5 Å². The van der Waals surface area contributed by atoms with Crippen molar-refractivity contribution < 1.29 is 19.0 Å². The van der Waals surface area contributed by atoms with Crippen LogP contribution in [-0.4, -0.2) is 26.1 Å². The number of rotatable bonds is 5. The highest BCUT2D eigenvalue weighted by Crippen LogP contribution is 2.24. The molecule has 2 aromatic rings. The van der Waals surface area contributed by atoms with Crippen LogP contribution in [0.3, 0.4) is 0 Å². The quantitative estimate of drug-likeness (QED) is 0.618. The zero-order chi connectivity index (χ0) is 17.8. The molecule has 0 saturated carbocycles. The molecule has 0 saturated heterocycles. The second kappa shape index (κ2) is 7.21. The van der Waals surface area contributed by atoms with Crippen molar-refractivity contribution in [3.05, 3.63) is 64.9 Å². The van der Waals surface area contributed by atoms with Crippen LogP contribution >= 0.6 is 0 Å². The first-order valence-corrected chi connectivity index (χ1v) is 7.98. The smallest absolute Gasteiger partial charge is 0.363 e. The average molecular weight is 337 g/mol. The molecule has 0 aromatic heterocycles. The number of methoxy groups -OCH3 is 2. The van der Waals surface area contributed by atoms with Gasteiger partial charge in [0.25, 0.3) is 0 Å². The Balaban J connectivity index is 1.93. The molecular formula is C20H19NO4. The zero-order valence-corrected chi connectivity index (χ0v) is 14.4. The Morgan fingerprint density at radius 2 is 1.96 bits per heavy atom. The van der Waals surface area contributed by atoms with Gasteiger partial charge in [-0.25, -0.2) is 9.79 Å². The molecule has 0 amide bonds. The Kier molecular flexibility index (Phi) is 4.84. The normalized spacial score (nSPS) is 15.1. The summed E-state index contributed by atoms with van der Waals surface area (Å²) >= 11 is 0. The Morgan fingerprint density at radius 1 is 1.12 bits per heavy atom. The summed E-state index contributed by atoms with van der Waals surface area (Å²) in [5.74, 6) is 1.32. The van der Waals surface area contributed by atoms with Gasteiger partial charge < -0.3 is 14.2 Å². The molecule has 0 atom stereocenters. The average Bonchev–Trinajstić information content (AvgIpc) is 3.02. The van der Waals surface area contributed by atoms with Gasteiger partial charge in [0.15, 0.2) is 5.70 Å². The molecule has 128 valence electrons. The Labute approximate surface area is 146 Å². The number of esters is 1. The molecule has 0 unspecified atom stereocenters. The molecule has 1 aliphatic heterocycles. The third kappa shape index (κ3) is 3.55. The van der Waals surface area contributed by atoms with Crippen LogP contribution in [0.5, 0.6) is 11.5 Å². The molecule has 1 aliphatic rings. The number of carbonyl (C=O) groups is 1. The van der Waals surface area contributed by atoms with E-state index in [9.17, 15) is 4.79 Å². The van der Waals surface area contributed by atoms with E-state index in [0.29, 0.717) is 11.3 Å². The SMILES string of the molecule is CCc1cc(/C=C2/N=C(c3cccc(OC)c3)OC2=O)ccc1OC. The van der Waals surface area contributed by atoms with Crippen LogP contribution in [0.15, 0.2) is 53.2 Å². The highest BCUT2D eigenvalue weighted by atomic mass is 16.6. The molecule has 25 heavy (non-hydrogen) atoms. The van der Waals surface area contributed by atoms with E-state index in [0.717, 1.165) is 23.3 Å². The minimum absolute atomic E-state index is 0.269. The predicted molar refractivity (Wildman–Crippen MR) is 96.0 cm³/mol. The van der Waals surface area contributed by atoms with Gasteiger partial charge in [-0.1, -0.05) is 19.1 Å². The first-order chi connectivity index (χ1) is 12.1. The molecule has 0 radical (unpaired) electrons. The monoisotopic (exact) mass is 337 g/mol. The van der Waals surface area contributed by atoms with Crippen molar-refractivity contribution in [3.63, 3.8) is 0 Å². The molecule has 3 rings (SSSR count). The van der Waals surface area contributed by atoms with Gasteiger partial charge in [-0.3, -0.25) is 0 Å². The summed E-state index contributed by atoms with van der Waals surface area (Å²) in [5.41, 5.74) is 2.91. The number of carbonyl (C=O) groups excluding carboxylic acids is 1. The highest BCUT2D eigenvalue weighted by molar-refractivity contribution is 6.13. The van der Waals surface area contributed by atoms with E-state index in [-0.39, 0.29) is 11.6 Å². The Morgan fingerprint density at radius 3 is 2.68 bits per heavy atom. The van der Waals surface area contributed by atoms with Gasteiger partial charge in [0, 0.05) is 5.56 Å². The minimum Gasteiger partial charge on any atom is -0.497 e. The molecule has 2 aromatic carbocycles. The van der Waals surface area contributed by atoms with Crippen molar-refractivity contribution in [1.29, 1.82) is 0 Å². The summed E-state index contributed by atoms with van der Waals surface area (Å²) in [4.78, 5) is 16.5. The first kappa shape index (κ1) is 16.8. The maximum atomic E-state index is 12.1. The molecule has 0 bridgehead atoms. The van der Waals surface area contributed by atoms with Gasteiger partial charge in [0.2, 0.25) is 5.90 Å². The summed E-state index contributed by atoms with van der Waals surface area (Å²) in [6.07, 6.45) is 2.55. The van der Waals surface area contributed by atoms with Gasteiger partial charge in [-0.05, 0) is 54.0 Å². The van der Waals surface area contributed by atoms with Gasteiger partial charge in [0.05, 0.1) is 14.2 Å². The van der Waals surface area contributed by atoms with Crippen molar-refractivity contribution in [2.75, 3.05) is 14.2 Å². The molecule has 5 heteroatoms. The predicted octanol–water partition coefficient (Wildman–Crippen LogP) is 3.61. The molecule has 1 heterocycles. The minimum atomic E-state index is -0.466. The number of nitrogens with zero attached hydrogens (tertiary/aromatic N) is 1. The van der Waals surface area contributed by atoms with Gasteiger partial charge >= 0.3 is 5.97 Å². The van der Waals surface area contributed by atoms with E-state index in [1.54, 1.807) is 26.4 Å². The maximum Gasteiger partial charge on any atom is 0.363 e. The molecular weight excluding hydrogens is 318 g/mol. The standard InChI is InChI=1S/C20H19NO4/c1-4-14-10-13(8-9-18(14)24-3)11-17-20(22)25-19(21-17)15-6-5-7-16(12-15)23-2/h5-12H,4H2,1-3H3/b17-11+. The molecule has 0 fully saturated rings. The molecule has 0 aliphatic carbocycles. The van der Waals surface area contributed by atoms with Crippen LogP contribution in [0, 0.1) is 0 Å². The topological polar surface area (TPSA) is 57.1 Å². The van der Waals surface area contributed by atoms with Gasteiger partial charge in [-0.15, -0.1) is 0 Å². The lowest BCUT2D eigenvalue weighted by atomic mass is 10.1. The largest absolute Gasteiger partial charge is 0.497 e. The van der Waals surface area contributed by atoms with Crippen molar-refractivity contribution in [2.45, 2.75) is 13.3 Å². The van der Waals surface area contributed by atoms with E-state index in [4.69, 9.17) is 14.2 Å². The third-order valence-electron chi connectivity index (χ3n) is 3.93. The fourth-order valence-corrected chi connectivity index (χ4v) is 2.61. The van der Waals surface area contributed by atoms with Gasteiger partial charge in [-0.2, -0.15) is 0 Å². The van der Waals surface area contributed by atoms with Crippen LogP contribution in [0.2, 0.25) is 0 Å². The third-order valence-corrected chi connectivity index (χ3v) is 3.93. The molecule has 0 N–H and O–H groups in total. The van der Waals surface area contributed by atoms with Crippen LogP contribution in [0.1, 0.15) is 23.6 Å². The number of cyclic esters (lactones) is 1. The van der Waals surface area contributed by atoms with E-state index in [1.165, 1.54) is 0 Å². The summed E-state index contributed by atoms with van der Waals surface area (Å²) in [6.45, 7) is 2.05. The Hall–Kier alpha value is -3.08.